The molecule has 1 fully saturated rings. The molecule has 0 aliphatic carbocycles. The number of para-hydroxylation sites is 1. The normalized spacial score (nSPS) is 13.4. The molecule has 182 valence electrons. The van der Waals surface area contributed by atoms with Crippen LogP contribution in [-0.2, 0) is 0 Å². The van der Waals surface area contributed by atoms with Gasteiger partial charge in [-0.05, 0) is 36.4 Å². The van der Waals surface area contributed by atoms with E-state index in [1.165, 1.54) is 18.3 Å². The second-order valence-electron chi connectivity index (χ2n) is 8.02. The minimum atomic E-state index is -0.619. The minimum absolute atomic E-state index is 0.0227. The lowest BCUT2D eigenvalue weighted by Gasteiger charge is -2.35. The summed E-state index contributed by atoms with van der Waals surface area (Å²) in [5, 5.41) is 12.7. The number of nitrogens with one attached hydrogen (secondary N) is 2. The van der Waals surface area contributed by atoms with Crippen LogP contribution in [0.2, 0.25) is 0 Å². The monoisotopic (exact) mass is 487 g/mol. The molecule has 0 atom stereocenters. The van der Waals surface area contributed by atoms with E-state index in [9.17, 15) is 14.0 Å². The zero-order valence-electron chi connectivity index (χ0n) is 19.1. The molecule has 2 aromatic carbocycles. The first-order valence-corrected chi connectivity index (χ1v) is 11.3. The van der Waals surface area contributed by atoms with Crippen molar-refractivity contribution in [3.05, 3.63) is 90.2 Å². The van der Waals surface area contributed by atoms with E-state index >= 15 is 0 Å². The van der Waals surface area contributed by atoms with Crippen LogP contribution in [0.3, 0.4) is 0 Å². The summed E-state index contributed by atoms with van der Waals surface area (Å²) in [6.07, 6.45) is 1.53. The summed E-state index contributed by atoms with van der Waals surface area (Å²) in [4.78, 5) is 33.4. The Labute approximate surface area is 205 Å². The van der Waals surface area contributed by atoms with E-state index in [0.717, 1.165) is 5.82 Å². The van der Waals surface area contributed by atoms with Gasteiger partial charge >= 0.3 is 17.8 Å². The van der Waals surface area contributed by atoms with Crippen LogP contribution in [0.5, 0.6) is 0 Å². The Morgan fingerprint density at radius 3 is 2.36 bits per heavy atom. The molecule has 2 N–H and O–H groups in total. The Bertz CT molecular complexity index is 1350. The van der Waals surface area contributed by atoms with E-state index < -0.39 is 11.7 Å². The highest BCUT2D eigenvalue weighted by Gasteiger charge is 2.23. The van der Waals surface area contributed by atoms with Gasteiger partial charge in [0.05, 0.1) is 17.6 Å². The van der Waals surface area contributed by atoms with Gasteiger partial charge in [-0.25, -0.2) is 9.37 Å². The van der Waals surface area contributed by atoms with Crippen LogP contribution in [0.25, 0.3) is 0 Å². The third kappa shape index (κ3) is 5.14. The maximum Gasteiger partial charge on any atom is 0.320 e. The summed E-state index contributed by atoms with van der Waals surface area (Å²) in [6, 6.07) is 18.6. The van der Waals surface area contributed by atoms with Gasteiger partial charge < -0.3 is 24.9 Å². The third-order valence-corrected chi connectivity index (χ3v) is 5.65. The summed E-state index contributed by atoms with van der Waals surface area (Å²) in [5.41, 5.74) is 1.28. The molecule has 1 aliphatic heterocycles. The zero-order chi connectivity index (χ0) is 24.9. The number of rotatable bonds is 6. The molecule has 1 aliphatic rings. The van der Waals surface area contributed by atoms with E-state index in [1.807, 2.05) is 35.2 Å². The molecule has 0 spiro atoms. The standard InChI is InChI=1S/C25H22FN7O3/c26-19-8-4-5-9-20(19)29-25-31-30-23(36-25)22(34)28-18-10-11-21(27-16-18)32-12-14-33(15-13-32)24(35)17-6-2-1-3-7-17/h1-11,16H,12-15H2,(H,28,34)(H,29,31). The van der Waals surface area contributed by atoms with Gasteiger partial charge in [0, 0.05) is 31.7 Å². The first-order chi connectivity index (χ1) is 17.6. The average Bonchev–Trinajstić information content (AvgIpc) is 3.39. The van der Waals surface area contributed by atoms with E-state index in [0.29, 0.717) is 37.4 Å². The van der Waals surface area contributed by atoms with Crippen LogP contribution in [0.1, 0.15) is 21.0 Å². The second-order valence-corrected chi connectivity index (χ2v) is 8.02. The molecule has 36 heavy (non-hydrogen) atoms. The number of nitrogens with zero attached hydrogens (tertiary/aromatic N) is 5. The molecule has 5 rings (SSSR count). The van der Waals surface area contributed by atoms with Crippen molar-refractivity contribution >= 4 is 35.0 Å². The molecule has 2 aromatic heterocycles. The zero-order valence-corrected chi connectivity index (χ0v) is 19.1. The smallest absolute Gasteiger partial charge is 0.320 e. The van der Waals surface area contributed by atoms with Gasteiger partial charge in [-0.3, -0.25) is 9.59 Å². The quantitative estimate of drug-likeness (QED) is 0.424. The number of carbonyl (C=O) groups is 2. The largest absolute Gasteiger partial charge is 0.399 e. The number of piperazine rings is 1. The molecule has 0 radical (unpaired) electrons. The predicted octanol–water partition coefficient (Wildman–Crippen LogP) is 3.56. The first-order valence-electron chi connectivity index (χ1n) is 11.3. The number of hydrogen-bond acceptors (Lipinski definition) is 8. The fraction of sp³-hybridized carbons (Fsp3) is 0.160. The minimum Gasteiger partial charge on any atom is -0.399 e. The third-order valence-electron chi connectivity index (χ3n) is 5.65. The molecule has 0 unspecified atom stereocenters. The van der Waals surface area contributed by atoms with Crippen LogP contribution in [0, 0.1) is 5.82 Å². The van der Waals surface area contributed by atoms with E-state index in [1.54, 1.807) is 24.3 Å². The number of hydrogen-bond donors (Lipinski definition) is 2. The average molecular weight is 487 g/mol. The van der Waals surface area contributed by atoms with Crippen molar-refractivity contribution in [1.29, 1.82) is 0 Å². The molecule has 2 amide bonds. The van der Waals surface area contributed by atoms with Crippen molar-refractivity contribution in [3.63, 3.8) is 0 Å². The second kappa shape index (κ2) is 10.2. The Balaban J connectivity index is 1.15. The lowest BCUT2D eigenvalue weighted by atomic mass is 10.2. The van der Waals surface area contributed by atoms with Gasteiger partial charge in [0.1, 0.15) is 11.6 Å². The highest BCUT2D eigenvalue weighted by Crippen LogP contribution is 2.20. The molecule has 3 heterocycles. The molecule has 1 saturated heterocycles. The maximum absolute atomic E-state index is 13.8. The fourth-order valence-electron chi connectivity index (χ4n) is 3.78. The van der Waals surface area contributed by atoms with Gasteiger partial charge in [0.2, 0.25) is 0 Å². The van der Waals surface area contributed by atoms with Crippen molar-refractivity contribution in [2.45, 2.75) is 0 Å². The molecule has 0 saturated carbocycles. The Kier molecular flexibility index (Phi) is 6.52. The highest BCUT2D eigenvalue weighted by molar-refractivity contribution is 6.00. The summed E-state index contributed by atoms with van der Waals surface area (Å²) in [6.45, 7) is 2.48. The summed E-state index contributed by atoms with van der Waals surface area (Å²) in [5.74, 6) is -0.621. The van der Waals surface area contributed by atoms with Gasteiger partial charge in [-0.2, -0.15) is 0 Å². The van der Waals surface area contributed by atoms with Crippen molar-refractivity contribution in [1.82, 2.24) is 20.1 Å². The van der Waals surface area contributed by atoms with Gasteiger partial charge in [-0.1, -0.05) is 35.4 Å². The molecule has 4 aromatic rings. The van der Waals surface area contributed by atoms with Crippen molar-refractivity contribution in [2.24, 2.45) is 0 Å². The molecular weight excluding hydrogens is 465 g/mol. The number of benzene rings is 2. The van der Waals surface area contributed by atoms with Crippen LogP contribution in [0.15, 0.2) is 77.3 Å². The number of carbonyl (C=O) groups excluding carboxylic acids is 2. The van der Waals surface area contributed by atoms with E-state index in [2.05, 4.69) is 30.7 Å². The SMILES string of the molecule is O=C(Nc1ccc(N2CCN(C(=O)c3ccccc3)CC2)nc1)c1nnc(Nc2ccccc2F)o1. The van der Waals surface area contributed by atoms with E-state index in [-0.39, 0.29) is 23.5 Å². The van der Waals surface area contributed by atoms with Gasteiger partial charge in [0.25, 0.3) is 5.91 Å². The van der Waals surface area contributed by atoms with Crippen LogP contribution >= 0.6 is 0 Å². The van der Waals surface area contributed by atoms with Crippen LogP contribution in [0.4, 0.5) is 27.6 Å². The Morgan fingerprint density at radius 1 is 0.889 bits per heavy atom. The number of anilines is 4. The number of pyridine rings is 1. The summed E-state index contributed by atoms with van der Waals surface area (Å²) in [7, 11) is 0. The fourth-order valence-corrected chi connectivity index (χ4v) is 3.78. The summed E-state index contributed by atoms with van der Waals surface area (Å²) < 4.78 is 19.0. The highest BCUT2D eigenvalue weighted by atomic mass is 19.1. The molecule has 10 nitrogen and oxygen atoms in total. The van der Waals surface area contributed by atoms with Crippen LogP contribution in [-0.4, -0.2) is 58.1 Å². The predicted molar refractivity (Wildman–Crippen MR) is 131 cm³/mol. The molecular formula is C25H22FN7O3. The first kappa shape index (κ1) is 23.0. The topological polar surface area (TPSA) is 116 Å². The number of aromatic nitrogens is 3. The molecule has 0 bridgehead atoms. The van der Waals surface area contributed by atoms with Gasteiger partial charge in [0.15, 0.2) is 0 Å². The van der Waals surface area contributed by atoms with Crippen molar-refractivity contribution < 1.29 is 18.4 Å². The summed E-state index contributed by atoms with van der Waals surface area (Å²) >= 11 is 0. The maximum atomic E-state index is 13.8. The van der Waals surface area contributed by atoms with Gasteiger partial charge in [-0.15, -0.1) is 5.10 Å². The van der Waals surface area contributed by atoms with E-state index in [4.69, 9.17) is 4.42 Å². The van der Waals surface area contributed by atoms with Crippen molar-refractivity contribution in [3.8, 4) is 0 Å². The number of halogens is 1. The molecule has 11 heteroatoms. The van der Waals surface area contributed by atoms with Crippen LogP contribution < -0.4 is 15.5 Å². The Hall–Kier alpha value is -4.80. The van der Waals surface area contributed by atoms with Crippen molar-refractivity contribution in [2.75, 3.05) is 41.7 Å². The lowest BCUT2D eigenvalue weighted by molar-refractivity contribution is 0.0746. The lowest BCUT2D eigenvalue weighted by Crippen LogP contribution is -2.49. The Morgan fingerprint density at radius 2 is 1.64 bits per heavy atom. The number of amides is 2.